The van der Waals surface area contributed by atoms with E-state index in [0.29, 0.717) is 0 Å². The molecule has 0 radical (unpaired) electrons. The number of hydrogen-bond donors (Lipinski definition) is 0. The van der Waals surface area contributed by atoms with Crippen molar-refractivity contribution in [3.05, 3.63) is 56.8 Å². The molecule has 126 valence electrons. The van der Waals surface area contributed by atoms with Crippen molar-refractivity contribution in [2.75, 3.05) is 0 Å². The molecule has 0 nitrogen and oxygen atoms in total. The van der Waals surface area contributed by atoms with Crippen LogP contribution in [0.5, 0.6) is 0 Å². The molecule has 0 bridgehead atoms. The standard InChI is InChI=1S/C14BrF9/c15-5-3-1(7(17)11(21)13(23)9(3)19)2-4(6(5)16)10(20)14(24)12(22)8(2)18. The number of rotatable bonds is 0. The lowest BCUT2D eigenvalue weighted by Gasteiger charge is -2.13. The van der Waals surface area contributed by atoms with Crippen LogP contribution in [0.25, 0.3) is 21.5 Å². The Morgan fingerprint density at radius 3 is 1.04 bits per heavy atom. The molecule has 0 saturated carbocycles. The van der Waals surface area contributed by atoms with Crippen molar-refractivity contribution in [3.8, 4) is 0 Å². The van der Waals surface area contributed by atoms with Crippen LogP contribution in [0.3, 0.4) is 0 Å². The summed E-state index contributed by atoms with van der Waals surface area (Å²) in [5.41, 5.74) is 0. The zero-order chi connectivity index (χ0) is 18.1. The summed E-state index contributed by atoms with van der Waals surface area (Å²) in [4.78, 5) is 0. The van der Waals surface area contributed by atoms with Gasteiger partial charge in [0.25, 0.3) is 0 Å². The Morgan fingerprint density at radius 2 is 0.625 bits per heavy atom. The smallest absolute Gasteiger partial charge is 0.198 e. The summed E-state index contributed by atoms with van der Waals surface area (Å²) >= 11 is 2.37. The third kappa shape index (κ3) is 1.89. The van der Waals surface area contributed by atoms with E-state index in [1.165, 1.54) is 0 Å². The Balaban J connectivity index is 2.87. The molecular formula is C14BrF9. The summed E-state index contributed by atoms with van der Waals surface area (Å²) in [5.74, 6) is -20.3. The highest BCUT2D eigenvalue weighted by Crippen LogP contribution is 2.42. The van der Waals surface area contributed by atoms with Crippen molar-refractivity contribution in [1.29, 1.82) is 0 Å². The monoisotopic (exact) mass is 418 g/mol. The topological polar surface area (TPSA) is 0 Å². The first-order valence-electron chi connectivity index (χ1n) is 5.89. The van der Waals surface area contributed by atoms with Crippen molar-refractivity contribution in [3.63, 3.8) is 0 Å². The van der Waals surface area contributed by atoms with Gasteiger partial charge in [-0.25, -0.2) is 39.5 Å². The fourth-order valence-electron chi connectivity index (χ4n) is 2.36. The van der Waals surface area contributed by atoms with Crippen LogP contribution in [-0.2, 0) is 0 Å². The van der Waals surface area contributed by atoms with Crippen molar-refractivity contribution in [2.24, 2.45) is 0 Å². The van der Waals surface area contributed by atoms with Crippen molar-refractivity contribution in [1.82, 2.24) is 0 Å². The molecule has 0 atom stereocenters. The van der Waals surface area contributed by atoms with Crippen LogP contribution in [-0.4, -0.2) is 0 Å². The highest BCUT2D eigenvalue weighted by atomic mass is 79.9. The minimum absolute atomic E-state index is 1.12. The zero-order valence-corrected chi connectivity index (χ0v) is 12.4. The molecule has 0 aliphatic heterocycles. The molecule has 0 saturated heterocycles. The Labute approximate surface area is 134 Å². The molecule has 3 rings (SSSR count). The van der Waals surface area contributed by atoms with E-state index < -0.39 is 78.4 Å². The van der Waals surface area contributed by atoms with E-state index in [1.807, 2.05) is 0 Å². The fourth-order valence-corrected chi connectivity index (χ4v) is 2.94. The molecule has 0 aliphatic rings. The molecule has 0 amide bonds. The normalized spacial score (nSPS) is 11.8. The van der Waals surface area contributed by atoms with Gasteiger partial charge in [-0.2, -0.15) is 0 Å². The fraction of sp³-hybridized carbons (Fsp3) is 0. The maximum absolute atomic E-state index is 14.2. The van der Waals surface area contributed by atoms with Crippen LogP contribution >= 0.6 is 15.9 Å². The average molecular weight is 419 g/mol. The van der Waals surface area contributed by atoms with Crippen LogP contribution in [0.1, 0.15) is 0 Å². The predicted octanol–water partition coefficient (Wildman–Crippen LogP) is 6.01. The van der Waals surface area contributed by atoms with Gasteiger partial charge in [-0.05, 0) is 15.9 Å². The number of benzene rings is 3. The van der Waals surface area contributed by atoms with Crippen molar-refractivity contribution < 1.29 is 39.5 Å². The summed E-state index contributed by atoms with van der Waals surface area (Å²) in [5, 5.41) is -6.00. The second-order valence-corrected chi connectivity index (χ2v) is 5.43. The molecular weight excluding hydrogens is 419 g/mol. The van der Waals surface area contributed by atoms with E-state index in [9.17, 15) is 39.5 Å². The first-order valence-corrected chi connectivity index (χ1v) is 6.68. The minimum Gasteiger partial charge on any atom is -0.205 e. The van der Waals surface area contributed by atoms with Gasteiger partial charge in [0.1, 0.15) is 5.82 Å². The SMILES string of the molecule is Fc1c(F)c(F)c2c(c1F)c(F)c(Br)c1c(F)c(F)c(F)c(F)c12. The third-order valence-corrected chi connectivity index (χ3v) is 4.16. The third-order valence-electron chi connectivity index (χ3n) is 3.42. The van der Waals surface area contributed by atoms with E-state index in [1.54, 1.807) is 0 Å². The van der Waals surface area contributed by atoms with Gasteiger partial charge in [0.2, 0.25) is 0 Å². The number of halogens is 10. The summed E-state index contributed by atoms with van der Waals surface area (Å²) in [7, 11) is 0. The summed E-state index contributed by atoms with van der Waals surface area (Å²) in [6.07, 6.45) is 0. The van der Waals surface area contributed by atoms with Gasteiger partial charge in [0.05, 0.1) is 9.86 Å². The first kappa shape index (κ1) is 16.9. The Hall–Kier alpha value is -1.97. The molecule has 0 N–H and O–H groups in total. The lowest BCUT2D eigenvalue weighted by atomic mass is 9.98. The van der Waals surface area contributed by atoms with Gasteiger partial charge in [-0.15, -0.1) is 0 Å². The predicted molar refractivity (Wildman–Crippen MR) is 68.8 cm³/mol. The minimum atomic E-state index is -2.45. The van der Waals surface area contributed by atoms with Gasteiger partial charge in [-0.1, -0.05) is 0 Å². The van der Waals surface area contributed by atoms with Crippen LogP contribution in [0.2, 0.25) is 0 Å². The van der Waals surface area contributed by atoms with E-state index in [2.05, 4.69) is 15.9 Å². The van der Waals surface area contributed by atoms with Crippen molar-refractivity contribution in [2.45, 2.75) is 0 Å². The molecule has 24 heavy (non-hydrogen) atoms. The van der Waals surface area contributed by atoms with Crippen molar-refractivity contribution >= 4 is 37.5 Å². The lowest BCUT2D eigenvalue weighted by Crippen LogP contribution is -2.06. The maximum atomic E-state index is 14.2. The van der Waals surface area contributed by atoms with Crippen LogP contribution in [0.15, 0.2) is 4.47 Å². The van der Waals surface area contributed by atoms with Gasteiger partial charge in [0.15, 0.2) is 46.5 Å². The average Bonchev–Trinajstić information content (AvgIpc) is 2.56. The molecule has 0 heterocycles. The summed E-state index contributed by atoms with van der Waals surface area (Å²) < 4.78 is 122. The van der Waals surface area contributed by atoms with E-state index in [-0.39, 0.29) is 0 Å². The highest BCUT2D eigenvalue weighted by Gasteiger charge is 2.32. The second kappa shape index (κ2) is 5.27. The molecule has 3 aromatic rings. The van der Waals surface area contributed by atoms with Crippen LogP contribution < -0.4 is 0 Å². The Kier molecular flexibility index (Phi) is 3.70. The summed E-state index contributed by atoms with van der Waals surface area (Å²) in [6, 6.07) is 0. The molecule has 0 spiro atoms. The van der Waals surface area contributed by atoms with E-state index in [4.69, 9.17) is 0 Å². The Morgan fingerprint density at radius 1 is 0.333 bits per heavy atom. The van der Waals surface area contributed by atoms with Crippen LogP contribution in [0.4, 0.5) is 39.5 Å². The van der Waals surface area contributed by atoms with E-state index in [0.717, 1.165) is 0 Å². The second-order valence-electron chi connectivity index (χ2n) is 4.64. The zero-order valence-electron chi connectivity index (χ0n) is 10.8. The molecule has 10 heteroatoms. The largest absolute Gasteiger partial charge is 0.205 e. The molecule has 0 fully saturated rings. The van der Waals surface area contributed by atoms with Gasteiger partial charge >= 0.3 is 0 Å². The van der Waals surface area contributed by atoms with E-state index >= 15 is 0 Å². The van der Waals surface area contributed by atoms with Gasteiger partial charge < -0.3 is 0 Å². The lowest BCUT2D eigenvalue weighted by molar-refractivity contribution is 0.413. The molecule has 3 aromatic carbocycles. The van der Waals surface area contributed by atoms with Crippen LogP contribution in [0, 0.1) is 52.4 Å². The number of fused-ring (bicyclic) bond motifs is 3. The summed E-state index contributed by atoms with van der Waals surface area (Å²) in [6.45, 7) is 0. The highest BCUT2D eigenvalue weighted by molar-refractivity contribution is 9.10. The van der Waals surface area contributed by atoms with Gasteiger partial charge in [-0.3, -0.25) is 0 Å². The first-order chi connectivity index (χ1) is 11.1. The molecule has 0 aromatic heterocycles. The quantitative estimate of drug-likeness (QED) is 0.181. The maximum Gasteiger partial charge on any atom is 0.198 e. The number of hydrogen-bond acceptors (Lipinski definition) is 0. The Bertz CT molecular complexity index is 974. The van der Waals surface area contributed by atoms with Gasteiger partial charge in [0, 0.05) is 16.2 Å². The molecule has 0 unspecified atom stereocenters. The molecule has 0 aliphatic carbocycles.